The standard InChI is InChI=1S/C29H38N6O2/c1-5-19-8-7-13-35-22(14-19)16-27(34-35)33-26-17-25(30-18-31-26)21-11-12-23-20(15-21)9-6-10-24(23)32-28(36)37-29(2,3)4/h11-12,15-19,24H,5-10,13-14H2,1-4H3,(H,32,36)(H,30,31,33,34). The summed E-state index contributed by atoms with van der Waals surface area (Å²) < 4.78 is 7.62. The Labute approximate surface area is 219 Å². The van der Waals surface area contributed by atoms with Crippen molar-refractivity contribution in [1.82, 2.24) is 25.1 Å². The molecule has 0 spiro atoms. The van der Waals surface area contributed by atoms with E-state index in [1.165, 1.54) is 30.5 Å². The second kappa shape index (κ2) is 10.5. The van der Waals surface area contributed by atoms with Crippen LogP contribution in [0.3, 0.4) is 0 Å². The van der Waals surface area contributed by atoms with Crippen LogP contribution < -0.4 is 10.6 Å². The lowest BCUT2D eigenvalue weighted by Gasteiger charge is -2.28. The molecule has 3 heterocycles. The maximum Gasteiger partial charge on any atom is 0.408 e. The van der Waals surface area contributed by atoms with Gasteiger partial charge in [0.25, 0.3) is 0 Å². The normalized spacial score (nSPS) is 19.4. The molecule has 37 heavy (non-hydrogen) atoms. The van der Waals surface area contributed by atoms with E-state index in [0.717, 1.165) is 66.6 Å². The van der Waals surface area contributed by atoms with Gasteiger partial charge in [-0.15, -0.1) is 0 Å². The Morgan fingerprint density at radius 1 is 1.11 bits per heavy atom. The molecule has 0 saturated heterocycles. The molecule has 0 fully saturated rings. The number of nitrogens with zero attached hydrogens (tertiary/aromatic N) is 4. The molecule has 2 aromatic heterocycles. The summed E-state index contributed by atoms with van der Waals surface area (Å²) in [6, 6.07) is 10.5. The molecular weight excluding hydrogens is 464 g/mol. The molecule has 1 aromatic carbocycles. The number of fused-ring (bicyclic) bond motifs is 2. The lowest BCUT2D eigenvalue weighted by Crippen LogP contribution is -2.36. The third-order valence-electron chi connectivity index (χ3n) is 7.29. The molecule has 2 unspecified atom stereocenters. The Balaban J connectivity index is 1.31. The summed E-state index contributed by atoms with van der Waals surface area (Å²) in [5.41, 5.74) is 5.06. The van der Waals surface area contributed by atoms with Crippen LogP contribution in [0.1, 0.15) is 82.7 Å². The molecule has 5 rings (SSSR count). The van der Waals surface area contributed by atoms with Gasteiger partial charge in [0.05, 0.1) is 11.7 Å². The van der Waals surface area contributed by atoms with Crippen LogP contribution in [-0.2, 0) is 24.1 Å². The highest BCUT2D eigenvalue weighted by Gasteiger charge is 2.25. The largest absolute Gasteiger partial charge is 0.444 e. The fourth-order valence-corrected chi connectivity index (χ4v) is 5.44. The fraction of sp³-hybridized carbons (Fsp3) is 0.517. The number of carbonyl (C=O) groups excluding carboxylic acids is 1. The minimum absolute atomic E-state index is 0.0428. The Kier molecular flexibility index (Phi) is 7.17. The summed E-state index contributed by atoms with van der Waals surface area (Å²) in [4.78, 5) is 21.3. The Bertz CT molecular complexity index is 1260. The number of carbonyl (C=O) groups is 1. The monoisotopic (exact) mass is 502 g/mol. The first kappa shape index (κ1) is 25.2. The van der Waals surface area contributed by atoms with Crippen molar-refractivity contribution in [2.45, 2.75) is 90.8 Å². The first-order chi connectivity index (χ1) is 17.8. The molecule has 1 aliphatic carbocycles. The average molecular weight is 503 g/mol. The lowest BCUT2D eigenvalue weighted by molar-refractivity contribution is 0.0498. The molecule has 0 bridgehead atoms. The van der Waals surface area contributed by atoms with E-state index in [-0.39, 0.29) is 12.1 Å². The van der Waals surface area contributed by atoms with Crippen molar-refractivity contribution in [3.8, 4) is 11.3 Å². The minimum atomic E-state index is -0.517. The zero-order valence-electron chi connectivity index (χ0n) is 22.4. The number of aromatic nitrogens is 4. The van der Waals surface area contributed by atoms with Crippen LogP contribution >= 0.6 is 0 Å². The van der Waals surface area contributed by atoms with E-state index in [1.807, 2.05) is 26.8 Å². The molecule has 8 nitrogen and oxygen atoms in total. The average Bonchev–Trinajstić information content (AvgIpc) is 3.11. The minimum Gasteiger partial charge on any atom is -0.444 e. The number of amides is 1. The van der Waals surface area contributed by atoms with Crippen molar-refractivity contribution in [2.24, 2.45) is 5.92 Å². The third-order valence-corrected chi connectivity index (χ3v) is 7.29. The van der Waals surface area contributed by atoms with Gasteiger partial charge in [-0.3, -0.25) is 4.68 Å². The molecule has 0 saturated carbocycles. The maximum absolute atomic E-state index is 12.4. The number of benzene rings is 1. The Morgan fingerprint density at radius 3 is 2.78 bits per heavy atom. The van der Waals surface area contributed by atoms with Gasteiger partial charge >= 0.3 is 6.09 Å². The van der Waals surface area contributed by atoms with Gasteiger partial charge in [-0.05, 0) is 82.4 Å². The predicted molar refractivity (Wildman–Crippen MR) is 145 cm³/mol. The number of aryl methyl sites for hydroxylation is 2. The highest BCUT2D eigenvalue weighted by Crippen LogP contribution is 2.33. The molecule has 3 aromatic rings. The summed E-state index contributed by atoms with van der Waals surface area (Å²) in [6.45, 7) is 8.88. The van der Waals surface area contributed by atoms with Gasteiger partial charge in [0.15, 0.2) is 5.82 Å². The van der Waals surface area contributed by atoms with Crippen LogP contribution in [0.2, 0.25) is 0 Å². The number of hydrogen-bond acceptors (Lipinski definition) is 6. The van der Waals surface area contributed by atoms with Crippen molar-refractivity contribution >= 4 is 17.7 Å². The van der Waals surface area contributed by atoms with Gasteiger partial charge in [0.1, 0.15) is 17.7 Å². The summed E-state index contributed by atoms with van der Waals surface area (Å²) in [5, 5.41) is 11.2. The van der Waals surface area contributed by atoms with E-state index < -0.39 is 5.60 Å². The van der Waals surface area contributed by atoms with Gasteiger partial charge in [0, 0.05) is 29.9 Å². The fourth-order valence-electron chi connectivity index (χ4n) is 5.44. The first-order valence-electron chi connectivity index (χ1n) is 13.6. The molecular formula is C29H38N6O2. The second-order valence-electron chi connectivity index (χ2n) is 11.3. The molecule has 2 N–H and O–H groups in total. The topological polar surface area (TPSA) is 94.0 Å². The van der Waals surface area contributed by atoms with E-state index in [0.29, 0.717) is 0 Å². The smallest absolute Gasteiger partial charge is 0.408 e. The molecule has 8 heteroatoms. The number of alkyl carbamates (subject to hydrolysis) is 1. The van der Waals surface area contributed by atoms with Crippen LogP contribution in [0.15, 0.2) is 36.7 Å². The molecule has 1 aliphatic heterocycles. The molecule has 2 aliphatic rings. The first-order valence-corrected chi connectivity index (χ1v) is 13.6. The van der Waals surface area contributed by atoms with Gasteiger partial charge in [-0.25, -0.2) is 14.8 Å². The quantitative estimate of drug-likeness (QED) is 0.422. The van der Waals surface area contributed by atoms with Crippen LogP contribution in [0, 0.1) is 5.92 Å². The van der Waals surface area contributed by atoms with Crippen molar-refractivity contribution in [2.75, 3.05) is 5.32 Å². The van der Waals surface area contributed by atoms with Gasteiger partial charge in [-0.1, -0.05) is 25.5 Å². The van der Waals surface area contributed by atoms with Gasteiger partial charge in [-0.2, -0.15) is 5.10 Å². The zero-order chi connectivity index (χ0) is 26.0. The second-order valence-corrected chi connectivity index (χ2v) is 11.3. The highest BCUT2D eigenvalue weighted by molar-refractivity contribution is 5.69. The third kappa shape index (κ3) is 6.12. The molecule has 196 valence electrons. The lowest BCUT2D eigenvalue weighted by atomic mass is 9.86. The van der Waals surface area contributed by atoms with Crippen LogP contribution in [0.4, 0.5) is 16.4 Å². The van der Waals surface area contributed by atoms with Crippen LogP contribution in [-0.4, -0.2) is 31.4 Å². The predicted octanol–water partition coefficient (Wildman–Crippen LogP) is 6.35. The van der Waals surface area contributed by atoms with E-state index >= 15 is 0 Å². The number of nitrogens with one attached hydrogen (secondary N) is 2. The van der Waals surface area contributed by atoms with Crippen molar-refractivity contribution in [3.05, 3.63) is 53.5 Å². The van der Waals surface area contributed by atoms with Crippen LogP contribution in [0.5, 0.6) is 0 Å². The van der Waals surface area contributed by atoms with Crippen LogP contribution in [0.25, 0.3) is 11.3 Å². The summed E-state index contributed by atoms with van der Waals surface area (Å²) in [6.07, 6.45) is 8.86. The summed E-state index contributed by atoms with van der Waals surface area (Å²) >= 11 is 0. The molecule has 0 radical (unpaired) electrons. The Morgan fingerprint density at radius 2 is 1.97 bits per heavy atom. The van der Waals surface area contributed by atoms with E-state index in [2.05, 4.69) is 56.5 Å². The number of ether oxygens (including phenoxy) is 1. The van der Waals surface area contributed by atoms with Crippen molar-refractivity contribution in [3.63, 3.8) is 0 Å². The SMILES string of the molecule is CCC1CCCn2nc(Nc3cc(-c4ccc5c(c4)CCCC5NC(=O)OC(C)(C)C)ncn3)cc2C1. The molecule has 1 amide bonds. The number of hydrogen-bond donors (Lipinski definition) is 2. The number of anilines is 2. The van der Waals surface area contributed by atoms with E-state index in [4.69, 9.17) is 9.84 Å². The van der Waals surface area contributed by atoms with E-state index in [9.17, 15) is 4.79 Å². The maximum atomic E-state index is 12.4. The van der Waals surface area contributed by atoms with E-state index in [1.54, 1.807) is 6.33 Å². The van der Waals surface area contributed by atoms with Gasteiger partial charge < -0.3 is 15.4 Å². The Hall–Kier alpha value is -3.42. The molecule has 2 atom stereocenters. The van der Waals surface area contributed by atoms with Crippen molar-refractivity contribution in [1.29, 1.82) is 0 Å². The summed E-state index contributed by atoms with van der Waals surface area (Å²) in [5.74, 6) is 2.30. The van der Waals surface area contributed by atoms with Crippen molar-refractivity contribution < 1.29 is 9.53 Å². The van der Waals surface area contributed by atoms with Gasteiger partial charge in [0.2, 0.25) is 0 Å². The highest BCUT2D eigenvalue weighted by atomic mass is 16.6. The number of rotatable bonds is 5. The summed E-state index contributed by atoms with van der Waals surface area (Å²) in [7, 11) is 0. The zero-order valence-corrected chi connectivity index (χ0v) is 22.4.